The number of benzene rings is 1. The van der Waals surface area contributed by atoms with Crippen LogP contribution in [-0.2, 0) is 14.3 Å². The highest BCUT2D eigenvalue weighted by Gasteiger charge is 2.39. The van der Waals surface area contributed by atoms with E-state index >= 15 is 0 Å². The summed E-state index contributed by atoms with van der Waals surface area (Å²) >= 11 is 1.52. The predicted octanol–water partition coefficient (Wildman–Crippen LogP) is 1.84. The molecule has 1 aromatic carbocycles. The van der Waals surface area contributed by atoms with Crippen LogP contribution in [0.15, 0.2) is 24.3 Å². The van der Waals surface area contributed by atoms with Gasteiger partial charge in [0.1, 0.15) is 18.0 Å². The second-order valence-electron chi connectivity index (χ2n) is 5.29. The van der Waals surface area contributed by atoms with E-state index in [-0.39, 0.29) is 17.5 Å². The van der Waals surface area contributed by atoms with Gasteiger partial charge in [0.25, 0.3) is 5.91 Å². The first kappa shape index (κ1) is 15.3. The fraction of sp³-hybridized carbons (Fsp3) is 0.467. The predicted molar refractivity (Wildman–Crippen MR) is 82.0 cm³/mol. The molecule has 0 radical (unpaired) electrons. The van der Waals surface area contributed by atoms with E-state index in [9.17, 15) is 14.0 Å². The van der Waals surface area contributed by atoms with Crippen LogP contribution >= 0.6 is 11.8 Å². The standard InChI is InChI=1S/C15H17FN2O3S/c16-10-4-1-2-5-11(10)17-14(19)12-8-22-9-18(12)15(20)13-6-3-7-21-13/h1-2,4-5,12-13H,3,6-9H2,(H,17,19)/t12-,13+/m1/s1. The number of hydrogen-bond donors (Lipinski definition) is 1. The Morgan fingerprint density at radius 2 is 2.18 bits per heavy atom. The average Bonchev–Trinajstić information content (AvgIpc) is 3.20. The quantitative estimate of drug-likeness (QED) is 0.922. The van der Waals surface area contributed by atoms with E-state index in [1.165, 1.54) is 28.8 Å². The van der Waals surface area contributed by atoms with E-state index in [1.807, 2.05) is 0 Å². The maximum Gasteiger partial charge on any atom is 0.253 e. The molecule has 2 heterocycles. The molecule has 0 aromatic heterocycles. The molecule has 0 aliphatic carbocycles. The lowest BCUT2D eigenvalue weighted by Gasteiger charge is -2.25. The molecule has 0 spiro atoms. The third kappa shape index (κ3) is 3.10. The first-order valence-electron chi connectivity index (χ1n) is 7.22. The lowest BCUT2D eigenvalue weighted by molar-refractivity contribution is -0.144. The zero-order chi connectivity index (χ0) is 15.5. The van der Waals surface area contributed by atoms with Crippen molar-refractivity contribution >= 4 is 29.3 Å². The molecule has 7 heteroatoms. The van der Waals surface area contributed by atoms with Crippen LogP contribution in [-0.4, -0.2) is 47.1 Å². The summed E-state index contributed by atoms with van der Waals surface area (Å²) in [5.74, 6) is -0.0107. The summed E-state index contributed by atoms with van der Waals surface area (Å²) in [6, 6.07) is 5.41. The zero-order valence-corrected chi connectivity index (χ0v) is 12.8. The third-order valence-corrected chi connectivity index (χ3v) is 4.82. The molecule has 0 unspecified atom stereocenters. The molecule has 2 aliphatic heterocycles. The van der Waals surface area contributed by atoms with Crippen molar-refractivity contribution in [1.29, 1.82) is 0 Å². The van der Waals surface area contributed by atoms with Crippen molar-refractivity contribution < 1.29 is 18.7 Å². The molecule has 1 N–H and O–H groups in total. The van der Waals surface area contributed by atoms with E-state index in [2.05, 4.69) is 5.32 Å². The second-order valence-corrected chi connectivity index (χ2v) is 6.29. The van der Waals surface area contributed by atoms with E-state index in [0.717, 1.165) is 6.42 Å². The molecular weight excluding hydrogens is 307 g/mol. The van der Waals surface area contributed by atoms with Crippen LogP contribution in [0.1, 0.15) is 12.8 Å². The number of hydrogen-bond acceptors (Lipinski definition) is 4. The average molecular weight is 324 g/mol. The molecule has 5 nitrogen and oxygen atoms in total. The van der Waals surface area contributed by atoms with E-state index in [1.54, 1.807) is 12.1 Å². The Balaban J connectivity index is 1.68. The van der Waals surface area contributed by atoms with Crippen LogP contribution in [0.2, 0.25) is 0 Å². The van der Waals surface area contributed by atoms with E-state index in [4.69, 9.17) is 4.74 Å². The fourth-order valence-electron chi connectivity index (χ4n) is 2.61. The molecule has 1 aromatic rings. The highest BCUT2D eigenvalue weighted by atomic mass is 32.2. The summed E-state index contributed by atoms with van der Waals surface area (Å²) in [6.45, 7) is 0.587. The highest BCUT2D eigenvalue weighted by molar-refractivity contribution is 7.99. The van der Waals surface area contributed by atoms with Crippen molar-refractivity contribution in [3.63, 3.8) is 0 Å². The lowest BCUT2D eigenvalue weighted by atomic mass is 10.2. The van der Waals surface area contributed by atoms with Crippen molar-refractivity contribution in [1.82, 2.24) is 4.90 Å². The number of rotatable bonds is 3. The largest absolute Gasteiger partial charge is 0.368 e. The van der Waals surface area contributed by atoms with Gasteiger partial charge in [0, 0.05) is 12.4 Å². The molecule has 2 aliphatic rings. The number of nitrogens with one attached hydrogen (secondary N) is 1. The summed E-state index contributed by atoms with van der Waals surface area (Å²) in [7, 11) is 0. The Kier molecular flexibility index (Phi) is 4.63. The Hall–Kier alpha value is -1.60. The van der Waals surface area contributed by atoms with Crippen molar-refractivity contribution in [2.24, 2.45) is 0 Å². The van der Waals surface area contributed by atoms with Gasteiger partial charge in [-0.05, 0) is 25.0 Å². The first-order chi connectivity index (χ1) is 10.7. The molecule has 2 atom stereocenters. The minimum absolute atomic E-state index is 0.133. The number of amides is 2. The van der Waals surface area contributed by atoms with Gasteiger partial charge >= 0.3 is 0 Å². The SMILES string of the molecule is O=C(Nc1ccccc1F)[C@H]1CSCN1C(=O)[C@@H]1CCCO1. The number of carbonyl (C=O) groups is 2. The third-order valence-electron chi connectivity index (χ3n) is 3.80. The minimum Gasteiger partial charge on any atom is -0.368 e. The number of nitrogens with zero attached hydrogens (tertiary/aromatic N) is 1. The second kappa shape index (κ2) is 6.66. The summed E-state index contributed by atoms with van der Waals surface area (Å²) in [5.41, 5.74) is 0.133. The number of halogens is 1. The van der Waals surface area contributed by atoms with Gasteiger partial charge in [-0.25, -0.2) is 4.39 Å². The number of para-hydroxylation sites is 1. The number of thioether (sulfide) groups is 1. The van der Waals surface area contributed by atoms with Gasteiger partial charge in [0.2, 0.25) is 5.91 Å². The van der Waals surface area contributed by atoms with Crippen LogP contribution in [0, 0.1) is 5.82 Å². The van der Waals surface area contributed by atoms with Crippen LogP contribution in [0.3, 0.4) is 0 Å². The number of anilines is 1. The van der Waals surface area contributed by atoms with Crippen molar-refractivity contribution in [3.05, 3.63) is 30.1 Å². The van der Waals surface area contributed by atoms with Gasteiger partial charge in [0.05, 0.1) is 11.6 Å². The molecule has 118 valence electrons. The van der Waals surface area contributed by atoms with Crippen molar-refractivity contribution in [3.8, 4) is 0 Å². The number of ether oxygens (including phenoxy) is 1. The fourth-order valence-corrected chi connectivity index (χ4v) is 3.78. The molecule has 0 bridgehead atoms. The molecule has 3 rings (SSSR count). The van der Waals surface area contributed by atoms with Gasteiger partial charge in [-0.1, -0.05) is 12.1 Å². The van der Waals surface area contributed by atoms with Crippen LogP contribution in [0.5, 0.6) is 0 Å². The summed E-state index contributed by atoms with van der Waals surface area (Å²) in [6.07, 6.45) is 1.12. The van der Waals surface area contributed by atoms with Gasteiger partial charge < -0.3 is 15.0 Å². The van der Waals surface area contributed by atoms with Crippen LogP contribution < -0.4 is 5.32 Å². The Morgan fingerprint density at radius 3 is 2.91 bits per heavy atom. The van der Waals surface area contributed by atoms with Crippen LogP contribution in [0.4, 0.5) is 10.1 Å². The minimum atomic E-state index is -0.582. The zero-order valence-electron chi connectivity index (χ0n) is 12.0. The van der Waals surface area contributed by atoms with E-state index in [0.29, 0.717) is 24.7 Å². The summed E-state index contributed by atoms with van der Waals surface area (Å²) < 4.78 is 19.0. The summed E-state index contributed by atoms with van der Waals surface area (Å²) in [5, 5.41) is 2.57. The lowest BCUT2D eigenvalue weighted by Crippen LogP contribution is -2.48. The van der Waals surface area contributed by atoms with Crippen molar-refractivity contribution in [2.45, 2.75) is 25.0 Å². The Morgan fingerprint density at radius 1 is 1.36 bits per heavy atom. The Bertz CT molecular complexity index is 578. The number of carbonyl (C=O) groups excluding carboxylic acids is 2. The molecule has 2 amide bonds. The van der Waals surface area contributed by atoms with Gasteiger partial charge in [-0.2, -0.15) is 0 Å². The maximum atomic E-state index is 13.6. The molecular formula is C15H17FN2O3S. The van der Waals surface area contributed by atoms with E-state index < -0.39 is 18.0 Å². The van der Waals surface area contributed by atoms with Crippen LogP contribution in [0.25, 0.3) is 0 Å². The van der Waals surface area contributed by atoms with Gasteiger partial charge in [-0.3, -0.25) is 9.59 Å². The normalized spacial score (nSPS) is 24.5. The van der Waals surface area contributed by atoms with Gasteiger partial charge in [0.15, 0.2) is 0 Å². The van der Waals surface area contributed by atoms with Gasteiger partial charge in [-0.15, -0.1) is 11.8 Å². The maximum absolute atomic E-state index is 13.6. The molecule has 2 saturated heterocycles. The first-order valence-corrected chi connectivity index (χ1v) is 8.37. The monoisotopic (exact) mass is 324 g/mol. The summed E-state index contributed by atoms with van der Waals surface area (Å²) in [4.78, 5) is 26.3. The topological polar surface area (TPSA) is 58.6 Å². The smallest absolute Gasteiger partial charge is 0.253 e. The Labute approximate surface area is 132 Å². The highest BCUT2D eigenvalue weighted by Crippen LogP contribution is 2.26. The molecule has 2 fully saturated rings. The molecule has 0 saturated carbocycles. The van der Waals surface area contributed by atoms with Crippen molar-refractivity contribution in [2.75, 3.05) is 23.6 Å². The molecule has 22 heavy (non-hydrogen) atoms.